The average molecular weight is 308 g/mol. The van der Waals surface area contributed by atoms with Crippen LogP contribution in [0.25, 0.3) is 0 Å². The molecule has 1 aromatic carbocycles. The highest BCUT2D eigenvalue weighted by Crippen LogP contribution is 2.29. The normalized spacial score (nSPS) is 13.1. The van der Waals surface area contributed by atoms with Crippen LogP contribution < -0.4 is 5.32 Å². The minimum absolute atomic E-state index is 0.0711. The zero-order valence-electron chi connectivity index (χ0n) is 11.1. The third kappa shape index (κ3) is 6.28. The highest BCUT2D eigenvalue weighted by atomic mass is 35.5. The number of benzene rings is 1. The summed E-state index contributed by atoms with van der Waals surface area (Å²) in [6, 6.07) is 4.61. The number of hydrogen-bond acceptors (Lipinski definition) is 1. The Bertz CT molecular complexity index is 429. The third-order valence-electron chi connectivity index (χ3n) is 2.75. The molecule has 0 aromatic heterocycles. The zero-order valence-corrected chi connectivity index (χ0v) is 11.9. The van der Waals surface area contributed by atoms with Crippen LogP contribution >= 0.6 is 11.6 Å². The van der Waals surface area contributed by atoms with Gasteiger partial charge in [0.1, 0.15) is 0 Å². The second-order valence-electron chi connectivity index (χ2n) is 4.64. The molecule has 0 radical (unpaired) electrons. The van der Waals surface area contributed by atoms with Gasteiger partial charge in [-0.25, -0.2) is 0 Å². The number of hydrogen-bond donors (Lipinski definition) is 1. The third-order valence-corrected chi connectivity index (χ3v) is 2.97. The number of carbonyl (C=O) groups excluding carboxylic acids is 1. The van der Waals surface area contributed by atoms with Gasteiger partial charge in [-0.1, -0.05) is 12.1 Å². The number of nitrogens with one attached hydrogen (secondary N) is 1. The minimum Gasteiger partial charge on any atom is -0.356 e. The second kappa shape index (κ2) is 7.53. The van der Waals surface area contributed by atoms with Gasteiger partial charge in [-0.3, -0.25) is 4.79 Å². The molecule has 1 rings (SSSR count). The molecule has 0 aliphatic rings. The lowest BCUT2D eigenvalue weighted by Crippen LogP contribution is -2.26. The number of carbonyl (C=O) groups is 1. The van der Waals surface area contributed by atoms with Crippen LogP contribution in [0.1, 0.15) is 30.9 Å². The van der Waals surface area contributed by atoms with Gasteiger partial charge in [0.2, 0.25) is 5.91 Å². The van der Waals surface area contributed by atoms with Crippen LogP contribution in [-0.4, -0.2) is 17.8 Å². The quantitative estimate of drug-likeness (QED) is 0.629. The van der Waals surface area contributed by atoms with Gasteiger partial charge in [0.05, 0.1) is 12.0 Å². The van der Waals surface area contributed by atoms with Crippen LogP contribution in [0, 0.1) is 0 Å². The van der Waals surface area contributed by atoms with Gasteiger partial charge in [-0.2, -0.15) is 13.2 Å². The molecule has 0 aliphatic heterocycles. The van der Waals surface area contributed by atoms with E-state index in [9.17, 15) is 18.0 Å². The van der Waals surface area contributed by atoms with Crippen molar-refractivity contribution < 1.29 is 18.0 Å². The van der Waals surface area contributed by atoms with Crippen molar-refractivity contribution in [3.8, 4) is 0 Å². The van der Waals surface area contributed by atoms with Crippen LogP contribution in [0.2, 0.25) is 0 Å². The van der Waals surface area contributed by atoms with Crippen LogP contribution in [0.3, 0.4) is 0 Å². The van der Waals surface area contributed by atoms with Crippen molar-refractivity contribution in [2.45, 2.75) is 37.7 Å². The summed E-state index contributed by atoms with van der Waals surface area (Å²) in [4.78, 5) is 11.6. The molecule has 0 aliphatic carbocycles. The van der Waals surface area contributed by atoms with Crippen LogP contribution in [0.5, 0.6) is 0 Å². The van der Waals surface area contributed by atoms with Crippen molar-refractivity contribution in [3.05, 3.63) is 35.4 Å². The molecule has 0 heterocycles. The highest BCUT2D eigenvalue weighted by molar-refractivity contribution is 6.20. The molecule has 0 bridgehead atoms. The van der Waals surface area contributed by atoms with E-state index in [-0.39, 0.29) is 17.7 Å². The zero-order chi connectivity index (χ0) is 15.2. The molecular formula is C14H17ClF3NO. The molecular weight excluding hydrogens is 291 g/mol. The van der Waals surface area contributed by atoms with E-state index in [1.807, 2.05) is 6.92 Å². The lowest BCUT2D eigenvalue weighted by Gasteiger charge is -2.08. The Morgan fingerprint density at radius 2 is 1.90 bits per heavy atom. The Morgan fingerprint density at radius 3 is 2.40 bits per heavy atom. The van der Waals surface area contributed by atoms with Gasteiger partial charge in [-0.05, 0) is 37.5 Å². The first-order valence-electron chi connectivity index (χ1n) is 6.36. The van der Waals surface area contributed by atoms with Gasteiger partial charge in [0.15, 0.2) is 0 Å². The highest BCUT2D eigenvalue weighted by Gasteiger charge is 2.29. The molecule has 0 saturated carbocycles. The van der Waals surface area contributed by atoms with E-state index < -0.39 is 11.7 Å². The topological polar surface area (TPSA) is 29.1 Å². The van der Waals surface area contributed by atoms with Gasteiger partial charge in [0.25, 0.3) is 0 Å². The van der Waals surface area contributed by atoms with E-state index in [0.717, 1.165) is 25.0 Å². The summed E-state index contributed by atoms with van der Waals surface area (Å²) in [5, 5.41) is 2.78. The summed E-state index contributed by atoms with van der Waals surface area (Å²) in [7, 11) is 0. The van der Waals surface area contributed by atoms with Crippen molar-refractivity contribution >= 4 is 17.5 Å². The van der Waals surface area contributed by atoms with E-state index in [4.69, 9.17) is 11.6 Å². The van der Waals surface area contributed by atoms with Crippen molar-refractivity contribution in [2.24, 2.45) is 0 Å². The largest absolute Gasteiger partial charge is 0.416 e. The van der Waals surface area contributed by atoms with Crippen LogP contribution in [-0.2, 0) is 17.4 Å². The summed E-state index contributed by atoms with van der Waals surface area (Å²) in [5.41, 5.74) is -0.154. The number of alkyl halides is 4. The molecule has 1 atom stereocenters. The van der Waals surface area contributed by atoms with E-state index in [1.54, 1.807) is 0 Å². The predicted octanol–water partition coefficient (Wildman–Crippen LogP) is 3.77. The number of rotatable bonds is 6. The first-order valence-corrected chi connectivity index (χ1v) is 6.79. The molecule has 0 fully saturated rings. The summed E-state index contributed by atoms with van der Waals surface area (Å²) in [6.45, 7) is 2.40. The second-order valence-corrected chi connectivity index (χ2v) is 5.39. The lowest BCUT2D eigenvalue weighted by atomic mass is 10.1. The summed E-state index contributed by atoms with van der Waals surface area (Å²) < 4.78 is 37.1. The summed E-state index contributed by atoms with van der Waals surface area (Å²) in [5.74, 6) is -0.202. The Morgan fingerprint density at radius 1 is 1.30 bits per heavy atom. The van der Waals surface area contributed by atoms with E-state index in [0.29, 0.717) is 12.1 Å². The van der Waals surface area contributed by atoms with Crippen LogP contribution in [0.15, 0.2) is 24.3 Å². The van der Waals surface area contributed by atoms with Gasteiger partial charge in [0, 0.05) is 11.9 Å². The number of halogens is 4. The Labute approximate surface area is 121 Å². The SMILES string of the molecule is CC(Cl)CCCNC(=O)Cc1ccc(C(F)(F)F)cc1. The maximum Gasteiger partial charge on any atom is 0.416 e. The lowest BCUT2D eigenvalue weighted by molar-refractivity contribution is -0.137. The molecule has 0 saturated heterocycles. The maximum absolute atomic E-state index is 12.4. The molecule has 1 amide bonds. The smallest absolute Gasteiger partial charge is 0.356 e. The fourth-order valence-corrected chi connectivity index (χ4v) is 1.82. The van der Waals surface area contributed by atoms with Crippen LogP contribution in [0.4, 0.5) is 13.2 Å². The Kier molecular flexibility index (Phi) is 6.33. The first kappa shape index (κ1) is 16.8. The molecule has 6 heteroatoms. The molecule has 2 nitrogen and oxygen atoms in total. The van der Waals surface area contributed by atoms with Crippen molar-refractivity contribution in [2.75, 3.05) is 6.54 Å². The molecule has 112 valence electrons. The standard InChI is InChI=1S/C14H17ClF3NO/c1-10(15)3-2-8-19-13(20)9-11-4-6-12(7-5-11)14(16,17)18/h4-7,10H,2-3,8-9H2,1H3,(H,19,20). The number of amides is 1. The van der Waals surface area contributed by atoms with Gasteiger partial charge in [-0.15, -0.1) is 11.6 Å². The fourth-order valence-electron chi connectivity index (χ4n) is 1.67. The fraction of sp³-hybridized carbons (Fsp3) is 0.500. The monoisotopic (exact) mass is 307 g/mol. The van der Waals surface area contributed by atoms with Crippen molar-refractivity contribution in [3.63, 3.8) is 0 Å². The Hall–Kier alpha value is -1.23. The minimum atomic E-state index is -4.35. The summed E-state index contributed by atoms with van der Waals surface area (Å²) in [6.07, 6.45) is -2.68. The molecule has 0 spiro atoms. The van der Waals surface area contributed by atoms with Gasteiger partial charge >= 0.3 is 6.18 Å². The van der Waals surface area contributed by atoms with Crippen molar-refractivity contribution in [1.29, 1.82) is 0 Å². The van der Waals surface area contributed by atoms with E-state index in [1.165, 1.54) is 12.1 Å². The first-order chi connectivity index (χ1) is 9.29. The average Bonchev–Trinajstić information content (AvgIpc) is 2.34. The van der Waals surface area contributed by atoms with Gasteiger partial charge < -0.3 is 5.32 Å². The molecule has 1 unspecified atom stereocenters. The maximum atomic E-state index is 12.4. The molecule has 1 aromatic rings. The van der Waals surface area contributed by atoms with E-state index >= 15 is 0 Å². The Balaban J connectivity index is 2.39. The molecule has 20 heavy (non-hydrogen) atoms. The van der Waals surface area contributed by atoms with Crippen molar-refractivity contribution in [1.82, 2.24) is 5.32 Å². The van der Waals surface area contributed by atoms with E-state index in [2.05, 4.69) is 5.32 Å². The summed E-state index contributed by atoms with van der Waals surface area (Å²) >= 11 is 5.77. The molecule has 1 N–H and O–H groups in total. The predicted molar refractivity (Wildman–Crippen MR) is 72.7 cm³/mol.